The molecule has 0 radical (unpaired) electrons. The van der Waals surface area contributed by atoms with Gasteiger partial charge in [0.05, 0.1) is 0 Å². The van der Waals surface area contributed by atoms with Gasteiger partial charge in [-0.1, -0.05) is 130 Å². The Hall–Kier alpha value is -2.44. The highest BCUT2D eigenvalue weighted by Gasteiger charge is 2.40. The Morgan fingerprint density at radius 2 is 0.769 bits per heavy atom. The lowest BCUT2D eigenvalue weighted by Crippen LogP contribution is -2.40. The van der Waals surface area contributed by atoms with Crippen molar-refractivity contribution in [2.24, 2.45) is 0 Å². The molecule has 0 aliphatic carbocycles. The maximum Gasteiger partial charge on any atom is 0.305 e. The minimum absolute atomic E-state index is 0.197. The fourth-order valence-corrected chi connectivity index (χ4v) is 4.40. The van der Waals surface area contributed by atoms with Gasteiger partial charge in [-0.25, -0.2) is 0 Å². The molecule has 4 nitrogen and oxygen atoms in total. The first-order valence-electron chi connectivity index (χ1n) is 11.3. The van der Waals surface area contributed by atoms with Gasteiger partial charge in [-0.15, -0.1) is 0 Å². The van der Waals surface area contributed by atoms with Crippen LogP contribution in [0.2, 0.25) is 0 Å². The molecule has 4 aromatic carbocycles. The second-order valence-corrected chi connectivity index (χ2v) is 12.8. The van der Waals surface area contributed by atoms with E-state index < -0.39 is 24.9 Å². The molecule has 0 saturated carbocycles. The Bertz CT molecular complexity index is 1320. The van der Waals surface area contributed by atoms with Crippen LogP contribution in [0.15, 0.2) is 109 Å². The highest BCUT2D eigenvalue weighted by molar-refractivity contribution is 6.78. The Labute approximate surface area is 255 Å². The van der Waals surface area contributed by atoms with E-state index >= 15 is 0 Å². The van der Waals surface area contributed by atoms with Crippen molar-refractivity contribution >= 4 is 81.2 Å². The molecular weight excluding hydrogens is 625 g/mol. The number of benzene rings is 4. The SMILES string of the molecule is O=C(c1ccc(OC(Oc2ccc(C(=O)C(Cl)(Cl)Cl)cc2)(c2ccccc2)c2ccccc2)cc1)C(Cl)(Cl)Cl. The van der Waals surface area contributed by atoms with Crippen molar-refractivity contribution in [3.8, 4) is 11.5 Å². The highest BCUT2D eigenvalue weighted by atomic mass is 35.6. The second kappa shape index (κ2) is 12.0. The minimum Gasteiger partial charge on any atom is -0.444 e. The third kappa shape index (κ3) is 7.01. The summed E-state index contributed by atoms with van der Waals surface area (Å²) in [6.07, 6.45) is 0. The van der Waals surface area contributed by atoms with Crippen LogP contribution >= 0.6 is 69.6 Å². The maximum absolute atomic E-state index is 12.4. The number of halogens is 6. The van der Waals surface area contributed by atoms with E-state index in [0.29, 0.717) is 22.6 Å². The molecular formula is C29H18Cl6O4. The monoisotopic (exact) mass is 640 g/mol. The first-order chi connectivity index (χ1) is 18.4. The normalized spacial score (nSPS) is 12.1. The third-order valence-electron chi connectivity index (χ3n) is 5.58. The fourth-order valence-electron chi connectivity index (χ4n) is 3.75. The number of hydrogen-bond donors (Lipinski definition) is 0. The van der Waals surface area contributed by atoms with Crippen molar-refractivity contribution in [1.29, 1.82) is 0 Å². The molecule has 0 heterocycles. The summed E-state index contributed by atoms with van der Waals surface area (Å²) in [5.74, 6) is -2.10. The third-order valence-corrected chi connectivity index (χ3v) is 6.61. The number of ether oxygens (including phenoxy) is 2. The van der Waals surface area contributed by atoms with Gasteiger partial charge in [0.25, 0.3) is 7.59 Å². The standard InChI is InChI=1S/C29H18Cl6O4/c30-28(31,32)25(36)19-11-15-23(16-12-19)38-27(21-7-3-1-4-8-21,22-9-5-2-6-10-22)39-24-17-13-20(14-18-24)26(37)29(33,34)35/h1-18H. The minimum atomic E-state index is -2.09. The predicted octanol–water partition coefficient (Wildman–Crippen LogP) is 9.15. The molecule has 0 N–H and O–H groups in total. The molecule has 0 aliphatic rings. The van der Waals surface area contributed by atoms with Crippen molar-refractivity contribution in [1.82, 2.24) is 0 Å². The summed E-state index contributed by atoms with van der Waals surface area (Å²) in [6.45, 7) is 0. The zero-order valence-electron chi connectivity index (χ0n) is 19.8. The largest absolute Gasteiger partial charge is 0.444 e. The zero-order chi connectivity index (χ0) is 28.3. The van der Waals surface area contributed by atoms with E-state index in [2.05, 4.69) is 0 Å². The Balaban J connectivity index is 1.79. The van der Waals surface area contributed by atoms with Crippen molar-refractivity contribution in [3.05, 3.63) is 131 Å². The number of rotatable bonds is 8. The Kier molecular flexibility index (Phi) is 9.07. The summed E-state index contributed by atoms with van der Waals surface area (Å²) in [4.78, 5) is 24.7. The number of carbonyl (C=O) groups excluding carboxylic acids is 2. The van der Waals surface area contributed by atoms with E-state index in [9.17, 15) is 9.59 Å². The number of alkyl halides is 6. The summed E-state index contributed by atoms with van der Waals surface area (Å²) >= 11 is 34.5. The van der Waals surface area contributed by atoms with Crippen LogP contribution in [0.25, 0.3) is 0 Å². The van der Waals surface area contributed by atoms with Gasteiger partial charge in [-0.2, -0.15) is 0 Å². The van der Waals surface area contributed by atoms with Crippen molar-refractivity contribution < 1.29 is 19.1 Å². The molecule has 0 aliphatic heterocycles. The Morgan fingerprint density at radius 3 is 1.05 bits per heavy atom. The van der Waals surface area contributed by atoms with Crippen LogP contribution in [-0.4, -0.2) is 19.2 Å². The van der Waals surface area contributed by atoms with Gasteiger partial charge in [-0.05, 0) is 48.5 Å². The molecule has 200 valence electrons. The van der Waals surface area contributed by atoms with Gasteiger partial charge in [0.2, 0.25) is 11.6 Å². The smallest absolute Gasteiger partial charge is 0.305 e. The maximum atomic E-state index is 12.4. The van der Waals surface area contributed by atoms with E-state index in [0.717, 1.165) is 0 Å². The predicted molar refractivity (Wildman–Crippen MR) is 157 cm³/mol. The first kappa shape index (κ1) is 29.5. The summed E-state index contributed by atoms with van der Waals surface area (Å²) in [7, 11) is 0. The van der Waals surface area contributed by atoms with Crippen molar-refractivity contribution in [2.75, 3.05) is 0 Å². The lowest BCUT2D eigenvalue weighted by Gasteiger charge is -2.35. The average Bonchev–Trinajstić information content (AvgIpc) is 2.92. The molecule has 0 spiro atoms. The lowest BCUT2D eigenvalue weighted by atomic mass is 9.96. The summed E-state index contributed by atoms with van der Waals surface area (Å²) < 4.78 is 8.95. The van der Waals surface area contributed by atoms with Crippen LogP contribution in [0.3, 0.4) is 0 Å². The van der Waals surface area contributed by atoms with E-state index in [-0.39, 0.29) is 11.1 Å². The van der Waals surface area contributed by atoms with E-state index in [1.807, 2.05) is 60.7 Å². The molecule has 0 fully saturated rings. The van der Waals surface area contributed by atoms with E-state index in [1.54, 1.807) is 24.3 Å². The highest BCUT2D eigenvalue weighted by Crippen LogP contribution is 2.39. The van der Waals surface area contributed by atoms with Gasteiger partial charge in [0, 0.05) is 22.3 Å². The summed E-state index contributed by atoms with van der Waals surface area (Å²) in [5, 5.41) is 0. The van der Waals surface area contributed by atoms with Crippen LogP contribution in [0.4, 0.5) is 0 Å². The van der Waals surface area contributed by atoms with Crippen molar-refractivity contribution in [3.63, 3.8) is 0 Å². The first-order valence-corrected chi connectivity index (χ1v) is 13.6. The van der Waals surface area contributed by atoms with Crippen LogP contribution in [0.1, 0.15) is 31.8 Å². The average molecular weight is 643 g/mol. The quantitative estimate of drug-likeness (QED) is 0.109. The van der Waals surface area contributed by atoms with Gasteiger partial charge < -0.3 is 9.47 Å². The van der Waals surface area contributed by atoms with Gasteiger partial charge >= 0.3 is 5.79 Å². The molecule has 39 heavy (non-hydrogen) atoms. The van der Waals surface area contributed by atoms with Crippen molar-refractivity contribution in [2.45, 2.75) is 13.4 Å². The molecule has 0 aromatic heterocycles. The van der Waals surface area contributed by atoms with Crippen LogP contribution < -0.4 is 9.47 Å². The number of hydrogen-bond acceptors (Lipinski definition) is 4. The molecule has 0 amide bonds. The van der Waals surface area contributed by atoms with Gasteiger partial charge in [0.15, 0.2) is 0 Å². The molecule has 0 atom stereocenters. The second-order valence-electron chi connectivity index (χ2n) is 8.26. The number of carbonyl (C=O) groups is 2. The van der Waals surface area contributed by atoms with Crippen LogP contribution in [-0.2, 0) is 5.79 Å². The fraction of sp³-hybridized carbons (Fsp3) is 0.103. The van der Waals surface area contributed by atoms with Gasteiger partial charge in [0.1, 0.15) is 11.5 Å². The lowest BCUT2D eigenvalue weighted by molar-refractivity contribution is -0.0843. The number of ketones is 2. The van der Waals surface area contributed by atoms with E-state index in [1.165, 1.54) is 24.3 Å². The number of Topliss-reactive ketones (excluding diaryl/α,β-unsaturated/α-hetero) is 2. The molecule has 4 rings (SSSR count). The summed E-state index contributed by atoms with van der Waals surface area (Å²) in [5.41, 5.74) is 1.73. The zero-order valence-corrected chi connectivity index (χ0v) is 24.3. The van der Waals surface area contributed by atoms with Crippen LogP contribution in [0, 0.1) is 0 Å². The van der Waals surface area contributed by atoms with E-state index in [4.69, 9.17) is 79.1 Å². The molecule has 0 bridgehead atoms. The summed E-state index contributed by atoms with van der Waals surface area (Å²) in [6, 6.07) is 30.9. The molecule has 4 aromatic rings. The molecule has 0 unspecified atom stereocenters. The molecule has 10 heteroatoms. The Morgan fingerprint density at radius 1 is 0.462 bits per heavy atom. The van der Waals surface area contributed by atoms with Crippen LogP contribution in [0.5, 0.6) is 11.5 Å². The van der Waals surface area contributed by atoms with Gasteiger partial charge in [-0.3, -0.25) is 9.59 Å². The molecule has 0 saturated heterocycles. The topological polar surface area (TPSA) is 52.6 Å².